The number of benzene rings is 3. The molecule has 0 saturated heterocycles. The molecule has 0 bridgehead atoms. The minimum atomic E-state index is -4.57. The van der Waals surface area contributed by atoms with Crippen molar-refractivity contribution in [3.63, 3.8) is 0 Å². The van der Waals surface area contributed by atoms with Gasteiger partial charge in [-0.2, -0.15) is 13.2 Å². The molecule has 1 aliphatic rings. The number of primary amides is 1. The number of carbonyl (C=O) groups is 3. The third-order valence-electron chi connectivity index (χ3n) is 7.52. The SMILES string of the molecule is CC(Oc1ccc(CNC(=O)c2c3n(c(=O)n2-c2ccc(OCC(F)(F)F)cc2)CCN(C(=O)c2ccc(Br)c(Cl)c2)C3)c(F)c1)C(N)=O. The van der Waals surface area contributed by atoms with Crippen molar-refractivity contribution in [1.29, 1.82) is 0 Å². The summed E-state index contributed by atoms with van der Waals surface area (Å²) in [7, 11) is 0. The van der Waals surface area contributed by atoms with E-state index in [0.29, 0.717) is 9.50 Å². The molecule has 1 aromatic heterocycles. The first-order valence-corrected chi connectivity index (χ1v) is 15.7. The van der Waals surface area contributed by atoms with E-state index >= 15 is 0 Å². The summed E-state index contributed by atoms with van der Waals surface area (Å²) in [4.78, 5) is 53.8. The largest absolute Gasteiger partial charge is 0.484 e. The third kappa shape index (κ3) is 8.08. The van der Waals surface area contributed by atoms with Crippen molar-refractivity contribution in [2.24, 2.45) is 5.73 Å². The van der Waals surface area contributed by atoms with Crippen molar-refractivity contribution in [3.8, 4) is 17.2 Å². The van der Waals surface area contributed by atoms with Crippen LogP contribution in [0.1, 0.15) is 39.0 Å². The Hall–Kier alpha value is -4.83. The lowest BCUT2D eigenvalue weighted by Gasteiger charge is -2.28. The zero-order valence-corrected chi connectivity index (χ0v) is 27.9. The molecule has 11 nitrogen and oxygen atoms in total. The minimum absolute atomic E-state index is 0.0179. The fourth-order valence-electron chi connectivity index (χ4n) is 5.04. The molecule has 258 valence electrons. The molecule has 3 amide bonds. The fourth-order valence-corrected chi connectivity index (χ4v) is 5.47. The van der Waals surface area contributed by atoms with Crippen LogP contribution >= 0.6 is 27.5 Å². The van der Waals surface area contributed by atoms with Crippen molar-refractivity contribution in [3.05, 3.63) is 109 Å². The van der Waals surface area contributed by atoms with Crippen LogP contribution in [-0.4, -0.2) is 57.2 Å². The number of aromatic nitrogens is 2. The highest BCUT2D eigenvalue weighted by Crippen LogP contribution is 2.27. The zero-order chi connectivity index (χ0) is 35.6. The lowest BCUT2D eigenvalue weighted by Crippen LogP contribution is -2.41. The highest BCUT2D eigenvalue weighted by Gasteiger charge is 2.33. The van der Waals surface area contributed by atoms with Gasteiger partial charge in [0.25, 0.3) is 17.7 Å². The van der Waals surface area contributed by atoms with E-state index in [2.05, 4.69) is 21.2 Å². The van der Waals surface area contributed by atoms with E-state index in [1.165, 1.54) is 58.9 Å². The number of halogens is 6. The molecular formula is C32H27BrClF4N5O6. The van der Waals surface area contributed by atoms with Gasteiger partial charge in [0.15, 0.2) is 12.7 Å². The van der Waals surface area contributed by atoms with E-state index in [4.69, 9.17) is 26.8 Å². The maximum atomic E-state index is 15.0. The van der Waals surface area contributed by atoms with Gasteiger partial charge in [0.05, 0.1) is 22.9 Å². The van der Waals surface area contributed by atoms with Gasteiger partial charge in [-0.25, -0.2) is 9.18 Å². The van der Waals surface area contributed by atoms with Crippen molar-refractivity contribution < 1.29 is 41.4 Å². The molecule has 49 heavy (non-hydrogen) atoms. The molecule has 1 atom stereocenters. The first kappa shape index (κ1) is 35.5. The molecule has 2 heterocycles. The van der Waals surface area contributed by atoms with E-state index in [1.807, 2.05) is 0 Å². The number of rotatable bonds is 10. The molecule has 0 radical (unpaired) electrons. The summed E-state index contributed by atoms with van der Waals surface area (Å²) in [5, 5.41) is 2.91. The molecule has 4 aromatic rings. The number of ether oxygens (including phenoxy) is 2. The standard InChI is InChI=1S/C32H27BrClF4N5O6/c1-17(28(39)44)49-22-6-2-19(25(35)13-22)14-40-29(45)27-26-15-41(30(46)18-3-9-23(33)24(34)12-18)10-11-42(26)31(47)43(27)20-4-7-21(8-5-20)48-16-32(36,37)38/h2-9,12-13,17H,10-11,14-16H2,1H3,(H2,39,44)(H,40,45). The Kier molecular flexibility index (Phi) is 10.4. The number of nitrogens with two attached hydrogens (primary N) is 1. The second-order valence-corrected chi connectivity index (χ2v) is 12.2. The second kappa shape index (κ2) is 14.3. The summed E-state index contributed by atoms with van der Waals surface area (Å²) in [6.45, 7) is -0.491. The third-order valence-corrected chi connectivity index (χ3v) is 8.76. The number of imidazole rings is 1. The van der Waals surface area contributed by atoms with Crippen LogP contribution < -0.4 is 26.2 Å². The first-order chi connectivity index (χ1) is 23.1. The normalized spacial score (nSPS) is 13.4. The van der Waals surface area contributed by atoms with Gasteiger partial charge in [-0.15, -0.1) is 0 Å². The lowest BCUT2D eigenvalue weighted by molar-refractivity contribution is -0.153. The smallest absolute Gasteiger partial charge is 0.422 e. The Morgan fingerprint density at radius 2 is 1.73 bits per heavy atom. The molecule has 3 aromatic carbocycles. The van der Waals surface area contributed by atoms with Gasteiger partial charge in [0.1, 0.15) is 23.0 Å². The van der Waals surface area contributed by atoms with Crippen LogP contribution in [-0.2, 0) is 24.4 Å². The van der Waals surface area contributed by atoms with Gasteiger partial charge in [0, 0.05) is 41.3 Å². The summed E-state index contributed by atoms with van der Waals surface area (Å²) < 4.78 is 66.0. The van der Waals surface area contributed by atoms with Gasteiger partial charge in [-0.05, 0) is 71.4 Å². The summed E-state index contributed by atoms with van der Waals surface area (Å²) >= 11 is 9.48. The molecule has 1 aliphatic heterocycles. The summed E-state index contributed by atoms with van der Waals surface area (Å²) in [6, 6.07) is 13.5. The number of fused-ring (bicyclic) bond motifs is 1. The second-order valence-electron chi connectivity index (χ2n) is 10.9. The highest BCUT2D eigenvalue weighted by atomic mass is 79.9. The van der Waals surface area contributed by atoms with Crippen LogP contribution in [0.2, 0.25) is 5.02 Å². The average Bonchev–Trinajstić information content (AvgIpc) is 3.35. The summed E-state index contributed by atoms with van der Waals surface area (Å²) in [5.41, 5.74) is 5.00. The molecule has 5 rings (SSSR count). The van der Waals surface area contributed by atoms with Crippen molar-refractivity contribution >= 4 is 45.3 Å². The molecule has 17 heteroatoms. The Morgan fingerprint density at radius 1 is 1.04 bits per heavy atom. The van der Waals surface area contributed by atoms with Gasteiger partial charge < -0.3 is 25.4 Å². The summed E-state index contributed by atoms with van der Waals surface area (Å²) in [5.74, 6) is -2.80. The van der Waals surface area contributed by atoms with E-state index in [9.17, 15) is 36.7 Å². The number of alkyl halides is 3. The number of hydrogen-bond acceptors (Lipinski definition) is 6. The predicted molar refractivity (Wildman–Crippen MR) is 172 cm³/mol. The van der Waals surface area contributed by atoms with E-state index < -0.39 is 48.1 Å². The molecule has 0 aliphatic carbocycles. The number of amides is 3. The van der Waals surface area contributed by atoms with Crippen molar-refractivity contribution in [2.75, 3.05) is 13.2 Å². The van der Waals surface area contributed by atoms with E-state index in [0.717, 1.165) is 10.6 Å². The number of hydrogen-bond donors (Lipinski definition) is 2. The van der Waals surface area contributed by atoms with Crippen LogP contribution in [0.4, 0.5) is 17.6 Å². The summed E-state index contributed by atoms with van der Waals surface area (Å²) in [6.07, 6.45) is -5.58. The Labute approximate surface area is 289 Å². The van der Waals surface area contributed by atoms with Gasteiger partial charge in [-0.3, -0.25) is 23.5 Å². The molecule has 0 saturated carbocycles. The maximum Gasteiger partial charge on any atom is 0.422 e. The number of nitrogens with zero attached hydrogens (tertiary/aromatic N) is 3. The average molecular weight is 769 g/mol. The lowest BCUT2D eigenvalue weighted by atomic mass is 10.1. The molecule has 1 unspecified atom stereocenters. The first-order valence-electron chi connectivity index (χ1n) is 14.5. The number of carbonyl (C=O) groups excluding carboxylic acids is 3. The molecule has 0 fully saturated rings. The minimum Gasteiger partial charge on any atom is -0.484 e. The van der Waals surface area contributed by atoms with Crippen LogP contribution in [0.3, 0.4) is 0 Å². The maximum absolute atomic E-state index is 15.0. The molecular weight excluding hydrogens is 742 g/mol. The molecule has 0 spiro atoms. The molecule has 3 N–H and O–H groups in total. The van der Waals surface area contributed by atoms with Crippen molar-refractivity contribution in [2.45, 2.75) is 38.8 Å². The quantitative estimate of drug-likeness (QED) is 0.219. The van der Waals surface area contributed by atoms with Crippen LogP contribution in [0, 0.1) is 5.82 Å². The Bertz CT molecular complexity index is 1980. The number of nitrogens with one attached hydrogen (secondary N) is 1. The zero-order valence-electron chi connectivity index (χ0n) is 25.5. The van der Waals surface area contributed by atoms with Crippen molar-refractivity contribution in [1.82, 2.24) is 19.4 Å². The predicted octanol–water partition coefficient (Wildman–Crippen LogP) is 4.97. The van der Waals surface area contributed by atoms with Gasteiger partial charge in [-0.1, -0.05) is 17.7 Å². The fraction of sp³-hybridized carbons (Fsp3) is 0.250. The topological polar surface area (TPSA) is 138 Å². The Morgan fingerprint density at radius 3 is 2.37 bits per heavy atom. The van der Waals surface area contributed by atoms with Crippen LogP contribution in [0.15, 0.2) is 69.9 Å². The monoisotopic (exact) mass is 767 g/mol. The highest BCUT2D eigenvalue weighted by molar-refractivity contribution is 9.10. The van der Waals surface area contributed by atoms with Crippen LogP contribution in [0.5, 0.6) is 11.5 Å². The van der Waals surface area contributed by atoms with E-state index in [1.54, 1.807) is 12.1 Å². The van der Waals surface area contributed by atoms with E-state index in [-0.39, 0.29) is 65.9 Å². The Balaban J connectivity index is 1.47. The van der Waals surface area contributed by atoms with Gasteiger partial charge >= 0.3 is 11.9 Å². The van der Waals surface area contributed by atoms with Gasteiger partial charge in [0.2, 0.25) is 0 Å². The van der Waals surface area contributed by atoms with Crippen LogP contribution in [0.25, 0.3) is 5.69 Å².